The second kappa shape index (κ2) is 13.7. The summed E-state index contributed by atoms with van der Waals surface area (Å²) in [6.07, 6.45) is 10.6. The predicted molar refractivity (Wildman–Crippen MR) is 181 cm³/mol. The molecule has 45 heavy (non-hydrogen) atoms. The fourth-order valence-electron chi connectivity index (χ4n) is 7.33. The van der Waals surface area contributed by atoms with Gasteiger partial charge in [-0.25, -0.2) is 9.78 Å². The Morgan fingerprint density at radius 2 is 1.31 bits per heavy atom. The summed E-state index contributed by atoms with van der Waals surface area (Å²) < 4.78 is 3.22. The minimum absolute atomic E-state index is 0.231. The van der Waals surface area contributed by atoms with Crippen LogP contribution < -0.4 is 21.5 Å². The molecule has 0 amide bonds. The molecule has 0 spiro atoms. The van der Waals surface area contributed by atoms with Crippen LogP contribution in [0.3, 0.4) is 0 Å². The van der Waals surface area contributed by atoms with Gasteiger partial charge in [-0.1, -0.05) is 0 Å². The molecule has 2 aromatic carbocycles. The van der Waals surface area contributed by atoms with Gasteiger partial charge < -0.3 is 20.0 Å². The molecule has 3 fully saturated rings. The van der Waals surface area contributed by atoms with Crippen LogP contribution in [-0.2, 0) is 6.54 Å². The first-order valence-corrected chi connectivity index (χ1v) is 17.2. The molecule has 5 heterocycles. The van der Waals surface area contributed by atoms with Crippen molar-refractivity contribution in [3.8, 4) is 17.2 Å². The lowest BCUT2D eigenvalue weighted by Crippen LogP contribution is -2.39. The summed E-state index contributed by atoms with van der Waals surface area (Å²) in [5, 5.41) is 3.59. The van der Waals surface area contributed by atoms with Gasteiger partial charge in [0.2, 0.25) is 0 Å². The van der Waals surface area contributed by atoms with Gasteiger partial charge in [0.1, 0.15) is 0 Å². The van der Waals surface area contributed by atoms with Crippen LogP contribution in [0, 0.1) is 0 Å². The minimum Gasteiger partial charge on any atom is -0.385 e. The molecule has 0 unspecified atom stereocenters. The lowest BCUT2D eigenvalue weighted by atomic mass is 10.1. The van der Waals surface area contributed by atoms with Crippen LogP contribution in [0.2, 0.25) is 0 Å². The Kier molecular flexibility index (Phi) is 9.11. The maximum absolute atomic E-state index is 13.8. The smallest absolute Gasteiger partial charge is 0.352 e. The van der Waals surface area contributed by atoms with E-state index in [1.807, 2.05) is 16.7 Å². The molecule has 5 aliphatic heterocycles. The first-order chi connectivity index (χ1) is 22.1. The Morgan fingerprint density at radius 3 is 2.02 bits per heavy atom. The molecular formula is C35H46N8O2. The Morgan fingerprint density at radius 1 is 0.667 bits per heavy atom. The molecule has 7 rings (SSSR count). The predicted octanol–water partition coefficient (Wildman–Crippen LogP) is 4.42. The number of fused-ring (bicyclic) bond motifs is 2. The van der Waals surface area contributed by atoms with Gasteiger partial charge in [-0.3, -0.25) is 13.9 Å². The van der Waals surface area contributed by atoms with Crippen molar-refractivity contribution in [1.82, 2.24) is 28.9 Å². The lowest BCUT2D eigenvalue weighted by molar-refractivity contribution is 0.323. The fraction of sp³-hybridized carbons (Fsp3) is 0.543. The molecule has 0 atom stereocenters. The van der Waals surface area contributed by atoms with E-state index in [1.165, 1.54) is 68.3 Å². The zero-order chi connectivity index (χ0) is 30.6. The van der Waals surface area contributed by atoms with Gasteiger partial charge in [-0.2, -0.15) is 4.98 Å². The highest BCUT2D eigenvalue weighted by atomic mass is 16.2. The van der Waals surface area contributed by atoms with Crippen LogP contribution in [0.25, 0.3) is 28.2 Å². The highest BCUT2D eigenvalue weighted by molar-refractivity contribution is 5.85. The van der Waals surface area contributed by atoms with Crippen LogP contribution in [0.4, 0.5) is 11.4 Å². The summed E-state index contributed by atoms with van der Waals surface area (Å²) in [7, 11) is 0. The third-order valence-electron chi connectivity index (χ3n) is 9.82. The van der Waals surface area contributed by atoms with E-state index in [0.717, 1.165) is 75.5 Å². The van der Waals surface area contributed by atoms with Gasteiger partial charge in [0, 0.05) is 43.2 Å². The van der Waals surface area contributed by atoms with Crippen molar-refractivity contribution in [2.24, 2.45) is 0 Å². The SMILES string of the molecule is O=c1nc2n(-c3ccc(N4CCCCC4)cc3)c3cc(NCCCN4CCCC4)ccc3nc-2c(=O)n1CCCN1CCCC1. The molecule has 0 saturated carbocycles. The Hall–Kier alpha value is -3.76. The molecular weight excluding hydrogens is 564 g/mol. The zero-order valence-electron chi connectivity index (χ0n) is 26.4. The summed E-state index contributed by atoms with van der Waals surface area (Å²) in [5.41, 5.74) is 3.91. The molecule has 2 aromatic rings. The standard InChI is InChI=1S/C35H46N8O2/c44-34-32-33(38-35(45)42(34)25-9-22-40-19-6-7-20-40)43(29-13-11-28(12-14-29)41-23-2-1-3-24-41)31-26-27(10-15-30(31)37-32)36-16-8-21-39-17-4-5-18-39/h10-15,26,36H,1-9,16-25H2. The normalized spacial score (nSPS) is 18.0. The van der Waals surface area contributed by atoms with Crippen molar-refractivity contribution >= 4 is 22.4 Å². The Balaban J connectivity index is 1.23. The third kappa shape index (κ3) is 6.63. The maximum atomic E-state index is 13.8. The average Bonchev–Trinajstić information content (AvgIpc) is 3.80. The highest BCUT2D eigenvalue weighted by Crippen LogP contribution is 2.29. The molecule has 10 heteroatoms. The van der Waals surface area contributed by atoms with Gasteiger partial charge in [0.05, 0.1) is 11.0 Å². The van der Waals surface area contributed by atoms with Crippen LogP contribution in [0.15, 0.2) is 52.1 Å². The summed E-state index contributed by atoms with van der Waals surface area (Å²) in [6.45, 7) is 9.95. The number of hydrogen-bond acceptors (Lipinski definition) is 8. The summed E-state index contributed by atoms with van der Waals surface area (Å²) in [4.78, 5) is 43.9. The number of benzene rings is 2. The number of rotatable bonds is 11. The third-order valence-corrected chi connectivity index (χ3v) is 9.82. The number of anilines is 2. The Labute approximate surface area is 265 Å². The molecule has 0 aliphatic carbocycles. The number of piperidine rings is 1. The van der Waals surface area contributed by atoms with Crippen LogP contribution in [0.5, 0.6) is 0 Å². The molecule has 238 valence electrons. The van der Waals surface area contributed by atoms with Crippen LogP contribution >= 0.6 is 0 Å². The molecule has 0 radical (unpaired) electrons. The van der Waals surface area contributed by atoms with E-state index >= 15 is 0 Å². The Bertz CT molecular complexity index is 1680. The number of nitrogens with one attached hydrogen (secondary N) is 1. The number of likely N-dealkylation sites (tertiary alicyclic amines) is 2. The van der Waals surface area contributed by atoms with E-state index < -0.39 is 5.69 Å². The van der Waals surface area contributed by atoms with Gasteiger partial charge in [-0.05, 0) is 140 Å². The second-order valence-electron chi connectivity index (χ2n) is 13.0. The van der Waals surface area contributed by atoms with E-state index in [-0.39, 0.29) is 11.3 Å². The number of nitrogens with zero attached hydrogens (tertiary/aromatic N) is 7. The van der Waals surface area contributed by atoms with E-state index in [4.69, 9.17) is 4.98 Å². The maximum Gasteiger partial charge on any atom is 0.352 e. The fourth-order valence-corrected chi connectivity index (χ4v) is 7.33. The van der Waals surface area contributed by atoms with E-state index in [9.17, 15) is 9.59 Å². The van der Waals surface area contributed by atoms with Crippen molar-refractivity contribution in [2.75, 3.05) is 69.1 Å². The first kappa shape index (κ1) is 29.9. The molecule has 3 saturated heterocycles. The zero-order valence-corrected chi connectivity index (χ0v) is 26.4. The quantitative estimate of drug-likeness (QED) is 0.197. The number of hydrogen-bond donors (Lipinski definition) is 1. The molecule has 5 aliphatic rings. The summed E-state index contributed by atoms with van der Waals surface area (Å²) in [5.74, 6) is 0.310. The minimum atomic E-state index is -0.509. The average molecular weight is 611 g/mol. The van der Waals surface area contributed by atoms with Crippen molar-refractivity contribution in [1.29, 1.82) is 0 Å². The van der Waals surface area contributed by atoms with Crippen molar-refractivity contribution in [2.45, 2.75) is 64.3 Å². The van der Waals surface area contributed by atoms with Gasteiger partial charge >= 0.3 is 5.69 Å². The largest absolute Gasteiger partial charge is 0.385 e. The topological polar surface area (TPSA) is 91.5 Å². The molecule has 10 nitrogen and oxygen atoms in total. The van der Waals surface area contributed by atoms with Crippen molar-refractivity contribution in [3.05, 3.63) is 63.3 Å². The van der Waals surface area contributed by atoms with Gasteiger partial charge in [0.25, 0.3) is 5.56 Å². The monoisotopic (exact) mass is 610 g/mol. The summed E-state index contributed by atoms with van der Waals surface area (Å²) >= 11 is 0. The number of aromatic nitrogens is 4. The van der Waals surface area contributed by atoms with E-state index in [1.54, 1.807) is 0 Å². The van der Waals surface area contributed by atoms with Crippen molar-refractivity contribution in [3.63, 3.8) is 0 Å². The summed E-state index contributed by atoms with van der Waals surface area (Å²) in [6, 6.07) is 14.5. The van der Waals surface area contributed by atoms with Crippen LogP contribution in [-0.4, -0.2) is 87.8 Å². The van der Waals surface area contributed by atoms with Gasteiger partial charge in [0.15, 0.2) is 11.5 Å². The molecule has 0 bridgehead atoms. The van der Waals surface area contributed by atoms with E-state index in [2.05, 4.69) is 55.3 Å². The lowest BCUT2D eigenvalue weighted by Gasteiger charge is -2.29. The van der Waals surface area contributed by atoms with Crippen molar-refractivity contribution < 1.29 is 0 Å². The van der Waals surface area contributed by atoms with Crippen LogP contribution in [0.1, 0.15) is 57.8 Å². The molecule has 1 N–H and O–H groups in total. The van der Waals surface area contributed by atoms with E-state index in [0.29, 0.717) is 17.9 Å². The first-order valence-electron chi connectivity index (χ1n) is 17.2. The molecule has 0 aromatic heterocycles. The van der Waals surface area contributed by atoms with Gasteiger partial charge in [-0.15, -0.1) is 0 Å². The highest BCUT2D eigenvalue weighted by Gasteiger charge is 2.23. The second-order valence-corrected chi connectivity index (χ2v) is 13.0.